The molecule has 1 N–H and O–H groups in total. The van der Waals surface area contributed by atoms with Crippen LogP contribution in [0.1, 0.15) is 60.3 Å². The van der Waals surface area contributed by atoms with E-state index in [4.69, 9.17) is 10.1 Å². The number of pyridine rings is 1. The van der Waals surface area contributed by atoms with Crippen molar-refractivity contribution in [3.05, 3.63) is 53.3 Å². The van der Waals surface area contributed by atoms with Gasteiger partial charge in [-0.05, 0) is 37.0 Å². The summed E-state index contributed by atoms with van der Waals surface area (Å²) >= 11 is 0. The number of benzene rings is 1. The Balaban J connectivity index is 2.08. The van der Waals surface area contributed by atoms with Gasteiger partial charge in [-0.2, -0.15) is 5.10 Å². The molecule has 1 aromatic carbocycles. The Morgan fingerprint density at radius 3 is 2.54 bits per heavy atom. The summed E-state index contributed by atoms with van der Waals surface area (Å²) in [6.45, 7) is 4.04. The minimum Gasteiger partial charge on any atom is -0.478 e. The van der Waals surface area contributed by atoms with Gasteiger partial charge in [-0.15, -0.1) is 0 Å². The highest BCUT2D eigenvalue weighted by molar-refractivity contribution is 6.03. The van der Waals surface area contributed by atoms with Crippen molar-refractivity contribution in [3.63, 3.8) is 0 Å². The van der Waals surface area contributed by atoms with Crippen LogP contribution in [-0.2, 0) is 0 Å². The number of nitrogens with zero attached hydrogens (tertiary/aromatic N) is 3. The quantitative estimate of drug-likeness (QED) is 0.785. The normalized spacial score (nSPS) is 14.5. The van der Waals surface area contributed by atoms with Gasteiger partial charge in [-0.25, -0.2) is 14.5 Å². The predicted molar refractivity (Wildman–Crippen MR) is 91.9 cm³/mol. The maximum Gasteiger partial charge on any atom is 0.336 e. The Bertz CT molecular complexity index is 925. The van der Waals surface area contributed by atoms with Crippen molar-refractivity contribution in [2.45, 2.75) is 38.5 Å². The van der Waals surface area contributed by atoms with E-state index in [2.05, 4.69) is 0 Å². The third kappa shape index (κ3) is 2.37. The summed E-state index contributed by atoms with van der Waals surface area (Å²) in [6, 6.07) is 11.5. The highest BCUT2D eigenvalue weighted by Crippen LogP contribution is 2.43. The van der Waals surface area contributed by atoms with Crippen LogP contribution < -0.4 is 0 Å². The van der Waals surface area contributed by atoms with Crippen molar-refractivity contribution in [2.75, 3.05) is 0 Å². The molecule has 1 fully saturated rings. The molecule has 5 heteroatoms. The van der Waals surface area contributed by atoms with E-state index in [0.717, 1.165) is 29.9 Å². The molecule has 1 aliphatic carbocycles. The third-order valence-electron chi connectivity index (χ3n) is 4.47. The van der Waals surface area contributed by atoms with Gasteiger partial charge < -0.3 is 5.11 Å². The number of hydrogen-bond donors (Lipinski definition) is 1. The smallest absolute Gasteiger partial charge is 0.336 e. The second-order valence-corrected chi connectivity index (χ2v) is 6.66. The third-order valence-corrected chi connectivity index (χ3v) is 4.47. The molecule has 0 atom stereocenters. The minimum atomic E-state index is -0.918. The average Bonchev–Trinajstić information content (AvgIpc) is 3.35. The molecule has 4 rings (SSSR count). The molecule has 0 radical (unpaired) electrons. The van der Waals surface area contributed by atoms with Crippen molar-refractivity contribution in [1.29, 1.82) is 0 Å². The van der Waals surface area contributed by atoms with Gasteiger partial charge in [-0.3, -0.25) is 0 Å². The molecule has 5 nitrogen and oxygen atoms in total. The van der Waals surface area contributed by atoms with Crippen molar-refractivity contribution >= 4 is 17.0 Å². The highest BCUT2D eigenvalue weighted by Gasteiger charge is 2.32. The monoisotopic (exact) mass is 321 g/mol. The van der Waals surface area contributed by atoms with E-state index < -0.39 is 5.97 Å². The van der Waals surface area contributed by atoms with Crippen LogP contribution in [0.4, 0.5) is 0 Å². The Labute approximate surface area is 140 Å². The molecule has 0 spiro atoms. The van der Waals surface area contributed by atoms with Crippen molar-refractivity contribution in [1.82, 2.24) is 14.8 Å². The molecular weight excluding hydrogens is 302 g/mol. The van der Waals surface area contributed by atoms with Crippen LogP contribution in [0.2, 0.25) is 0 Å². The molecule has 24 heavy (non-hydrogen) atoms. The number of aromatic carboxylic acids is 1. The number of carboxylic acids is 1. The number of carboxylic acid groups (broad SMARTS) is 1. The molecule has 0 unspecified atom stereocenters. The van der Waals surface area contributed by atoms with Gasteiger partial charge in [0.1, 0.15) is 0 Å². The first-order valence-electron chi connectivity index (χ1n) is 8.28. The molecule has 122 valence electrons. The number of aromatic nitrogens is 3. The number of hydrogen-bond acceptors (Lipinski definition) is 3. The molecule has 2 aromatic heterocycles. The summed E-state index contributed by atoms with van der Waals surface area (Å²) < 4.78 is 1.79. The van der Waals surface area contributed by atoms with E-state index in [0.29, 0.717) is 22.5 Å². The van der Waals surface area contributed by atoms with E-state index in [-0.39, 0.29) is 5.92 Å². The van der Waals surface area contributed by atoms with Crippen LogP contribution in [-0.4, -0.2) is 25.8 Å². The first-order valence-corrected chi connectivity index (χ1v) is 8.28. The van der Waals surface area contributed by atoms with Crippen LogP contribution in [0.3, 0.4) is 0 Å². The van der Waals surface area contributed by atoms with Gasteiger partial charge >= 0.3 is 5.97 Å². The molecule has 0 aliphatic heterocycles. The second-order valence-electron chi connectivity index (χ2n) is 6.66. The number of fused-ring (bicyclic) bond motifs is 1. The van der Waals surface area contributed by atoms with E-state index in [9.17, 15) is 9.90 Å². The van der Waals surface area contributed by atoms with Gasteiger partial charge in [0.2, 0.25) is 0 Å². The van der Waals surface area contributed by atoms with E-state index >= 15 is 0 Å². The summed E-state index contributed by atoms with van der Waals surface area (Å²) in [5.74, 6) is -0.419. The zero-order valence-electron chi connectivity index (χ0n) is 13.7. The molecule has 2 heterocycles. The summed E-state index contributed by atoms with van der Waals surface area (Å²) in [5, 5.41) is 15.2. The van der Waals surface area contributed by atoms with Crippen LogP contribution >= 0.6 is 0 Å². The molecular formula is C19H19N3O2. The number of para-hydroxylation sites is 1. The first-order chi connectivity index (χ1) is 11.6. The average molecular weight is 321 g/mol. The lowest BCUT2D eigenvalue weighted by atomic mass is 10.0. The first kappa shape index (κ1) is 14.9. The van der Waals surface area contributed by atoms with Gasteiger partial charge in [-0.1, -0.05) is 32.0 Å². The Kier molecular flexibility index (Phi) is 3.37. The molecule has 3 aromatic rings. The summed E-state index contributed by atoms with van der Waals surface area (Å²) in [4.78, 5) is 16.6. The lowest BCUT2D eigenvalue weighted by Crippen LogP contribution is -2.05. The lowest BCUT2D eigenvalue weighted by molar-refractivity contribution is 0.0698. The van der Waals surface area contributed by atoms with Crippen molar-refractivity contribution < 1.29 is 9.90 Å². The topological polar surface area (TPSA) is 68.0 Å². The van der Waals surface area contributed by atoms with Crippen LogP contribution in [0.5, 0.6) is 0 Å². The standard InChI is InChI=1S/C19H19N3O2/c1-11(2)15-10-14(19(23)24)16-17(12-8-9-12)21-22(18(16)20-15)13-6-4-3-5-7-13/h3-7,10-12H,8-9H2,1-2H3,(H,23,24). The van der Waals surface area contributed by atoms with Crippen LogP contribution in [0.15, 0.2) is 36.4 Å². The maximum atomic E-state index is 11.9. The van der Waals surface area contributed by atoms with Gasteiger partial charge in [0.05, 0.1) is 22.3 Å². The second kappa shape index (κ2) is 5.44. The molecule has 0 amide bonds. The Morgan fingerprint density at radius 1 is 1.25 bits per heavy atom. The number of carbonyl (C=O) groups is 1. The van der Waals surface area contributed by atoms with Crippen molar-refractivity contribution in [3.8, 4) is 5.69 Å². The summed E-state index contributed by atoms with van der Waals surface area (Å²) in [5.41, 5.74) is 3.51. The predicted octanol–water partition coefficient (Wildman–Crippen LogP) is 4.12. The fourth-order valence-electron chi connectivity index (χ4n) is 3.02. The van der Waals surface area contributed by atoms with E-state index in [1.807, 2.05) is 44.2 Å². The van der Waals surface area contributed by atoms with Crippen LogP contribution in [0.25, 0.3) is 16.7 Å². The number of rotatable bonds is 4. The van der Waals surface area contributed by atoms with E-state index in [1.54, 1.807) is 10.7 Å². The van der Waals surface area contributed by atoms with E-state index in [1.165, 1.54) is 0 Å². The van der Waals surface area contributed by atoms with Gasteiger partial charge in [0, 0.05) is 11.6 Å². The molecule has 0 saturated heterocycles. The minimum absolute atomic E-state index is 0.149. The van der Waals surface area contributed by atoms with Gasteiger partial charge in [0.25, 0.3) is 0 Å². The largest absolute Gasteiger partial charge is 0.478 e. The highest BCUT2D eigenvalue weighted by atomic mass is 16.4. The zero-order valence-corrected chi connectivity index (χ0v) is 13.7. The Hall–Kier alpha value is -2.69. The molecule has 1 saturated carbocycles. The molecule has 1 aliphatic rings. The summed E-state index contributed by atoms with van der Waals surface area (Å²) in [6.07, 6.45) is 2.12. The SMILES string of the molecule is CC(C)c1cc(C(=O)O)c2c(C3CC3)nn(-c3ccccc3)c2n1. The lowest BCUT2D eigenvalue weighted by Gasteiger charge is -2.09. The zero-order chi connectivity index (χ0) is 16.8. The summed E-state index contributed by atoms with van der Waals surface area (Å²) in [7, 11) is 0. The Morgan fingerprint density at radius 2 is 1.96 bits per heavy atom. The van der Waals surface area contributed by atoms with Gasteiger partial charge in [0.15, 0.2) is 5.65 Å². The fraction of sp³-hybridized carbons (Fsp3) is 0.316. The maximum absolute atomic E-state index is 11.9. The van der Waals surface area contributed by atoms with Crippen molar-refractivity contribution in [2.24, 2.45) is 0 Å². The molecule has 0 bridgehead atoms. The fourth-order valence-corrected chi connectivity index (χ4v) is 3.02. The van der Waals surface area contributed by atoms with Crippen LogP contribution in [0, 0.1) is 0 Å².